The first-order valence-corrected chi connectivity index (χ1v) is 8.66. The molecule has 5 nitrogen and oxygen atoms in total. The van der Waals surface area contributed by atoms with Gasteiger partial charge in [0.25, 0.3) is 0 Å². The second-order valence-corrected chi connectivity index (χ2v) is 7.41. The number of para-hydroxylation sites is 1. The van der Waals surface area contributed by atoms with E-state index in [4.69, 9.17) is 9.15 Å². The Morgan fingerprint density at radius 3 is 2.68 bits per heavy atom. The van der Waals surface area contributed by atoms with Crippen LogP contribution in [0.1, 0.15) is 45.1 Å². The molecule has 2 rings (SSSR count). The fourth-order valence-electron chi connectivity index (χ4n) is 2.59. The molecule has 1 N–H and O–H groups in total. The molecular formula is C20H28N2O3. The fourth-order valence-corrected chi connectivity index (χ4v) is 2.59. The Morgan fingerprint density at radius 2 is 2.00 bits per heavy atom. The molecule has 2 aromatic rings. The smallest absolute Gasteiger partial charge is 0.230 e. The van der Waals surface area contributed by atoms with Crippen molar-refractivity contribution in [3.05, 3.63) is 35.7 Å². The number of hydrogen-bond donors (Lipinski definition) is 1. The topological polar surface area (TPSA) is 64.4 Å². The van der Waals surface area contributed by atoms with Crippen molar-refractivity contribution in [1.82, 2.24) is 10.3 Å². The quantitative estimate of drug-likeness (QED) is 0.767. The van der Waals surface area contributed by atoms with Crippen LogP contribution in [0, 0.1) is 12.3 Å². The number of methoxy groups -OCH3 is 1. The molecule has 1 heterocycles. The van der Waals surface area contributed by atoms with E-state index in [2.05, 4.69) is 31.1 Å². The maximum absolute atomic E-state index is 12.1. The van der Waals surface area contributed by atoms with Crippen LogP contribution in [0.3, 0.4) is 0 Å². The Balaban J connectivity index is 1.97. The summed E-state index contributed by atoms with van der Waals surface area (Å²) in [5.74, 6) is 1.80. The van der Waals surface area contributed by atoms with Crippen LogP contribution >= 0.6 is 0 Å². The highest BCUT2D eigenvalue weighted by atomic mass is 16.5. The summed E-state index contributed by atoms with van der Waals surface area (Å²) in [6.45, 7) is 9.12. The van der Waals surface area contributed by atoms with Crippen molar-refractivity contribution < 1.29 is 13.9 Å². The average Bonchev–Trinajstić information content (AvgIpc) is 2.91. The van der Waals surface area contributed by atoms with Crippen LogP contribution in [0.4, 0.5) is 0 Å². The zero-order chi connectivity index (χ0) is 18.4. The number of nitrogens with zero attached hydrogens (tertiary/aromatic N) is 1. The number of amides is 1. The van der Waals surface area contributed by atoms with E-state index in [1.165, 1.54) is 0 Å². The van der Waals surface area contributed by atoms with Gasteiger partial charge < -0.3 is 14.5 Å². The Hall–Kier alpha value is -2.30. The van der Waals surface area contributed by atoms with Gasteiger partial charge in [0.05, 0.1) is 24.8 Å². The average molecular weight is 344 g/mol. The normalized spacial score (nSPS) is 11.4. The van der Waals surface area contributed by atoms with E-state index in [9.17, 15) is 4.79 Å². The Kier molecular flexibility index (Phi) is 6.23. The molecular weight excluding hydrogens is 316 g/mol. The largest absolute Gasteiger partial charge is 0.496 e. The lowest BCUT2D eigenvalue weighted by Gasteiger charge is -2.17. The van der Waals surface area contributed by atoms with Gasteiger partial charge >= 0.3 is 0 Å². The summed E-state index contributed by atoms with van der Waals surface area (Å²) in [6.07, 6.45) is 2.27. The number of oxazole rings is 1. The molecule has 1 amide bonds. The van der Waals surface area contributed by atoms with Gasteiger partial charge in [0.15, 0.2) is 0 Å². The minimum Gasteiger partial charge on any atom is -0.496 e. The number of aryl methyl sites for hydroxylation is 1. The van der Waals surface area contributed by atoms with Gasteiger partial charge in [0.1, 0.15) is 11.5 Å². The van der Waals surface area contributed by atoms with E-state index in [0.717, 1.165) is 18.4 Å². The van der Waals surface area contributed by atoms with Crippen molar-refractivity contribution in [2.75, 3.05) is 13.7 Å². The molecule has 0 radical (unpaired) electrons. The number of nitrogens with one attached hydrogen (secondary N) is 1. The lowest BCUT2D eigenvalue weighted by molar-refractivity contribution is -0.120. The maximum atomic E-state index is 12.1. The van der Waals surface area contributed by atoms with Crippen molar-refractivity contribution >= 4 is 5.91 Å². The van der Waals surface area contributed by atoms with E-state index in [1.54, 1.807) is 7.11 Å². The van der Waals surface area contributed by atoms with Gasteiger partial charge in [-0.15, -0.1) is 0 Å². The number of hydrogen-bond acceptors (Lipinski definition) is 4. The lowest BCUT2D eigenvalue weighted by atomic mass is 9.91. The van der Waals surface area contributed by atoms with Gasteiger partial charge in [0.2, 0.25) is 11.8 Å². The van der Waals surface area contributed by atoms with Gasteiger partial charge in [0, 0.05) is 6.54 Å². The van der Waals surface area contributed by atoms with Crippen molar-refractivity contribution in [2.24, 2.45) is 5.41 Å². The van der Waals surface area contributed by atoms with E-state index in [0.29, 0.717) is 29.6 Å². The van der Waals surface area contributed by atoms with E-state index in [-0.39, 0.29) is 17.7 Å². The minimum absolute atomic E-state index is 0.0307. The van der Waals surface area contributed by atoms with Crippen LogP contribution in [0.25, 0.3) is 11.5 Å². The SMILES string of the molecule is COc1ccccc1-c1nc(CC(=O)NCCCC(C)(C)C)c(C)o1. The molecule has 0 aliphatic rings. The summed E-state index contributed by atoms with van der Waals surface area (Å²) in [6, 6.07) is 7.54. The highest BCUT2D eigenvalue weighted by Gasteiger charge is 2.17. The number of carbonyl (C=O) groups excluding carboxylic acids is 1. The molecule has 0 spiro atoms. The third-order valence-corrected chi connectivity index (χ3v) is 3.98. The molecule has 1 aromatic carbocycles. The van der Waals surface area contributed by atoms with Crippen LogP contribution in [-0.2, 0) is 11.2 Å². The molecule has 0 saturated carbocycles. The maximum Gasteiger partial charge on any atom is 0.230 e. The monoisotopic (exact) mass is 344 g/mol. The molecule has 0 atom stereocenters. The van der Waals surface area contributed by atoms with Crippen molar-refractivity contribution in [3.8, 4) is 17.2 Å². The van der Waals surface area contributed by atoms with Crippen molar-refractivity contribution in [1.29, 1.82) is 0 Å². The number of aromatic nitrogens is 1. The molecule has 0 aliphatic heterocycles. The van der Waals surface area contributed by atoms with Gasteiger partial charge in [-0.1, -0.05) is 32.9 Å². The molecule has 0 saturated heterocycles. The first kappa shape index (κ1) is 19.0. The first-order valence-electron chi connectivity index (χ1n) is 8.66. The summed E-state index contributed by atoms with van der Waals surface area (Å²) in [5, 5.41) is 2.96. The zero-order valence-electron chi connectivity index (χ0n) is 15.8. The molecule has 136 valence electrons. The summed E-state index contributed by atoms with van der Waals surface area (Å²) in [5.41, 5.74) is 1.73. The molecule has 0 bridgehead atoms. The Morgan fingerprint density at radius 1 is 1.28 bits per heavy atom. The zero-order valence-corrected chi connectivity index (χ0v) is 15.8. The lowest BCUT2D eigenvalue weighted by Crippen LogP contribution is -2.27. The molecule has 25 heavy (non-hydrogen) atoms. The minimum atomic E-state index is -0.0307. The number of benzene rings is 1. The number of rotatable bonds is 7. The van der Waals surface area contributed by atoms with Gasteiger partial charge in [-0.25, -0.2) is 4.98 Å². The van der Waals surface area contributed by atoms with E-state index >= 15 is 0 Å². The standard InChI is InChI=1S/C20H28N2O3/c1-14-16(13-18(23)21-12-8-11-20(2,3)4)22-19(25-14)15-9-6-7-10-17(15)24-5/h6-7,9-10H,8,11-13H2,1-5H3,(H,21,23). The van der Waals surface area contributed by atoms with Crippen molar-refractivity contribution in [2.45, 2.75) is 47.0 Å². The molecule has 0 fully saturated rings. The highest BCUT2D eigenvalue weighted by Crippen LogP contribution is 2.30. The second-order valence-electron chi connectivity index (χ2n) is 7.41. The molecule has 1 aromatic heterocycles. The second kappa shape index (κ2) is 8.19. The van der Waals surface area contributed by atoms with Crippen LogP contribution < -0.4 is 10.1 Å². The van der Waals surface area contributed by atoms with Crippen LogP contribution in [0.15, 0.2) is 28.7 Å². The van der Waals surface area contributed by atoms with Crippen LogP contribution in [-0.4, -0.2) is 24.5 Å². The summed E-state index contributed by atoms with van der Waals surface area (Å²) < 4.78 is 11.1. The number of carbonyl (C=O) groups is 1. The van der Waals surface area contributed by atoms with Crippen LogP contribution in [0.2, 0.25) is 0 Å². The Labute approximate surface area is 149 Å². The summed E-state index contributed by atoms with van der Waals surface area (Å²) in [4.78, 5) is 16.6. The molecule has 0 aliphatic carbocycles. The Bertz CT molecular complexity index is 714. The summed E-state index contributed by atoms with van der Waals surface area (Å²) >= 11 is 0. The third kappa shape index (κ3) is 5.62. The predicted octanol–water partition coefficient (Wildman–Crippen LogP) is 4.14. The first-order chi connectivity index (χ1) is 11.8. The van der Waals surface area contributed by atoms with Gasteiger partial charge in [-0.2, -0.15) is 0 Å². The van der Waals surface area contributed by atoms with E-state index < -0.39 is 0 Å². The molecule has 0 unspecified atom stereocenters. The third-order valence-electron chi connectivity index (χ3n) is 3.98. The van der Waals surface area contributed by atoms with Crippen molar-refractivity contribution in [3.63, 3.8) is 0 Å². The predicted molar refractivity (Wildman–Crippen MR) is 98.6 cm³/mol. The number of ether oxygens (including phenoxy) is 1. The summed E-state index contributed by atoms with van der Waals surface area (Å²) in [7, 11) is 1.61. The van der Waals surface area contributed by atoms with Crippen LogP contribution in [0.5, 0.6) is 5.75 Å². The van der Waals surface area contributed by atoms with Gasteiger partial charge in [-0.3, -0.25) is 4.79 Å². The molecule has 5 heteroatoms. The highest BCUT2D eigenvalue weighted by molar-refractivity contribution is 5.78. The van der Waals surface area contributed by atoms with Gasteiger partial charge in [-0.05, 0) is 37.3 Å². The van der Waals surface area contributed by atoms with E-state index in [1.807, 2.05) is 31.2 Å². The fraction of sp³-hybridized carbons (Fsp3) is 0.500.